The van der Waals surface area contributed by atoms with Gasteiger partial charge in [0, 0.05) is 13.7 Å². The van der Waals surface area contributed by atoms with Crippen LogP contribution in [0, 0.1) is 0 Å². The highest BCUT2D eigenvalue weighted by molar-refractivity contribution is 7.92. The third kappa shape index (κ3) is 2.97. The van der Waals surface area contributed by atoms with Crippen LogP contribution in [0.1, 0.15) is 0 Å². The van der Waals surface area contributed by atoms with Gasteiger partial charge in [0.15, 0.2) is 0 Å². The molecule has 0 N–H and O–H groups in total. The molecule has 2 aromatic carbocycles. The van der Waals surface area contributed by atoms with Gasteiger partial charge in [0.05, 0.1) is 41.0 Å². The highest BCUT2D eigenvalue weighted by Crippen LogP contribution is 2.43. The van der Waals surface area contributed by atoms with Crippen LogP contribution < -0.4 is 4.90 Å². The largest absolute Gasteiger partial charge is 0.382 e. The molecule has 5 nitrogen and oxygen atoms in total. The van der Waals surface area contributed by atoms with Gasteiger partial charge in [0.25, 0.3) is 0 Å². The first kappa shape index (κ1) is 16.0. The fraction of sp³-hybridized carbons (Fsp3) is 0.294. The fourth-order valence-electron chi connectivity index (χ4n) is 2.70. The van der Waals surface area contributed by atoms with Gasteiger partial charge in [-0.15, -0.1) is 0 Å². The van der Waals surface area contributed by atoms with Crippen molar-refractivity contribution in [3.8, 4) is 0 Å². The summed E-state index contributed by atoms with van der Waals surface area (Å²) in [4.78, 5) is 2.68. The molecule has 0 unspecified atom stereocenters. The first-order chi connectivity index (χ1) is 11.2. The standard InChI is InChI=1S/C17H19NO4S/c1-21-12-13-22-11-10-18-14-6-2-4-8-16(14)23(19,20)17-9-5-3-7-15(17)18/h2-9H,10-13H2,1H3. The number of rotatable bonds is 6. The highest BCUT2D eigenvalue weighted by atomic mass is 32.2. The summed E-state index contributed by atoms with van der Waals surface area (Å²) in [6, 6.07) is 14.2. The van der Waals surface area contributed by atoms with E-state index in [1.165, 1.54) is 0 Å². The second kappa shape index (κ2) is 6.70. The average Bonchev–Trinajstić information content (AvgIpc) is 2.58. The van der Waals surface area contributed by atoms with Crippen molar-refractivity contribution in [2.24, 2.45) is 0 Å². The average molecular weight is 333 g/mol. The van der Waals surface area contributed by atoms with Crippen LogP contribution >= 0.6 is 0 Å². The van der Waals surface area contributed by atoms with Crippen LogP contribution in [0.4, 0.5) is 11.4 Å². The Morgan fingerprint density at radius 2 is 1.43 bits per heavy atom. The molecule has 0 saturated carbocycles. The van der Waals surface area contributed by atoms with Crippen molar-refractivity contribution in [2.45, 2.75) is 9.79 Å². The quantitative estimate of drug-likeness (QED) is 0.761. The summed E-state index contributed by atoms with van der Waals surface area (Å²) >= 11 is 0. The highest BCUT2D eigenvalue weighted by Gasteiger charge is 2.33. The number of para-hydroxylation sites is 2. The molecule has 0 spiro atoms. The number of anilines is 2. The van der Waals surface area contributed by atoms with E-state index >= 15 is 0 Å². The van der Waals surface area contributed by atoms with Crippen LogP contribution in [-0.4, -0.2) is 41.9 Å². The van der Waals surface area contributed by atoms with Gasteiger partial charge in [0.1, 0.15) is 0 Å². The van der Waals surface area contributed by atoms with Crippen LogP contribution in [0.5, 0.6) is 0 Å². The Hall–Kier alpha value is -1.89. The van der Waals surface area contributed by atoms with Crippen molar-refractivity contribution in [3.63, 3.8) is 0 Å². The molecule has 0 aromatic heterocycles. The maximum absolute atomic E-state index is 12.8. The van der Waals surface area contributed by atoms with E-state index < -0.39 is 9.84 Å². The minimum absolute atomic E-state index is 0.343. The minimum Gasteiger partial charge on any atom is -0.382 e. The normalized spacial score (nSPS) is 15.1. The fourth-order valence-corrected chi connectivity index (χ4v) is 4.36. The molecule has 6 heteroatoms. The van der Waals surface area contributed by atoms with Gasteiger partial charge in [0.2, 0.25) is 9.84 Å². The molecule has 0 aliphatic carbocycles. The molecular formula is C17H19NO4S. The zero-order valence-electron chi connectivity index (χ0n) is 12.9. The van der Waals surface area contributed by atoms with E-state index in [9.17, 15) is 8.42 Å². The zero-order chi connectivity index (χ0) is 16.3. The summed E-state index contributed by atoms with van der Waals surface area (Å²) in [5.41, 5.74) is 1.39. The van der Waals surface area contributed by atoms with Crippen LogP contribution in [0.15, 0.2) is 58.3 Å². The third-order valence-electron chi connectivity index (χ3n) is 3.78. The molecule has 1 aliphatic rings. The van der Waals surface area contributed by atoms with E-state index in [0.717, 1.165) is 0 Å². The Balaban J connectivity index is 1.94. The molecule has 122 valence electrons. The lowest BCUT2D eigenvalue weighted by Crippen LogP contribution is -2.29. The predicted molar refractivity (Wildman–Crippen MR) is 88.0 cm³/mol. The number of fused-ring (bicyclic) bond motifs is 2. The lowest BCUT2D eigenvalue weighted by Gasteiger charge is -2.32. The lowest BCUT2D eigenvalue weighted by atomic mass is 10.2. The number of hydrogen-bond acceptors (Lipinski definition) is 5. The first-order valence-corrected chi connectivity index (χ1v) is 8.92. The molecule has 2 aromatic rings. The third-order valence-corrected chi connectivity index (χ3v) is 5.63. The van der Waals surface area contributed by atoms with Gasteiger partial charge in [-0.05, 0) is 24.3 Å². The Morgan fingerprint density at radius 3 is 2.00 bits per heavy atom. The van der Waals surface area contributed by atoms with Crippen molar-refractivity contribution >= 4 is 21.2 Å². The van der Waals surface area contributed by atoms with Crippen molar-refractivity contribution < 1.29 is 17.9 Å². The first-order valence-electron chi connectivity index (χ1n) is 7.43. The van der Waals surface area contributed by atoms with E-state index in [-0.39, 0.29) is 0 Å². The van der Waals surface area contributed by atoms with E-state index in [0.29, 0.717) is 47.5 Å². The van der Waals surface area contributed by atoms with E-state index in [2.05, 4.69) is 0 Å². The summed E-state index contributed by atoms with van der Waals surface area (Å²) in [5.74, 6) is 0. The smallest absolute Gasteiger partial charge is 0.210 e. The maximum atomic E-state index is 12.8. The minimum atomic E-state index is -3.48. The van der Waals surface area contributed by atoms with Gasteiger partial charge >= 0.3 is 0 Å². The summed E-state index contributed by atoms with van der Waals surface area (Å²) in [7, 11) is -1.85. The molecule has 23 heavy (non-hydrogen) atoms. The van der Waals surface area contributed by atoms with Gasteiger partial charge in [-0.2, -0.15) is 0 Å². The van der Waals surface area contributed by atoms with E-state index in [4.69, 9.17) is 9.47 Å². The topological polar surface area (TPSA) is 55.8 Å². The zero-order valence-corrected chi connectivity index (χ0v) is 13.8. The molecule has 3 rings (SSSR count). The molecular weight excluding hydrogens is 314 g/mol. The maximum Gasteiger partial charge on any atom is 0.210 e. The second-order valence-electron chi connectivity index (χ2n) is 5.20. The number of hydrogen-bond donors (Lipinski definition) is 0. The van der Waals surface area contributed by atoms with Crippen LogP contribution in [0.25, 0.3) is 0 Å². The summed E-state index contributed by atoms with van der Waals surface area (Å²) in [6.45, 7) is 2.13. The molecule has 0 atom stereocenters. The van der Waals surface area contributed by atoms with Crippen LogP contribution in [0.3, 0.4) is 0 Å². The monoisotopic (exact) mass is 333 g/mol. The van der Waals surface area contributed by atoms with E-state index in [1.54, 1.807) is 31.4 Å². The lowest BCUT2D eigenvalue weighted by molar-refractivity contribution is 0.0746. The molecule has 0 saturated heterocycles. The predicted octanol–water partition coefficient (Wildman–Crippen LogP) is 2.63. The number of ether oxygens (including phenoxy) is 2. The van der Waals surface area contributed by atoms with Crippen LogP contribution in [0.2, 0.25) is 0 Å². The van der Waals surface area contributed by atoms with Gasteiger partial charge in [-0.3, -0.25) is 0 Å². The van der Waals surface area contributed by atoms with Gasteiger partial charge in [-0.25, -0.2) is 8.42 Å². The molecule has 1 heterocycles. The SMILES string of the molecule is COCCOCCN1c2ccccc2S(=O)(=O)c2ccccc21. The second-order valence-corrected chi connectivity index (χ2v) is 7.08. The summed E-state index contributed by atoms with van der Waals surface area (Å²) < 4.78 is 36.1. The Bertz CT molecular complexity index is 735. The summed E-state index contributed by atoms with van der Waals surface area (Å²) in [5, 5.41) is 0. The Kier molecular flexibility index (Phi) is 4.66. The Labute approximate surface area is 136 Å². The van der Waals surface area contributed by atoms with Gasteiger partial charge in [-0.1, -0.05) is 24.3 Å². The van der Waals surface area contributed by atoms with Crippen molar-refractivity contribution in [1.82, 2.24) is 0 Å². The van der Waals surface area contributed by atoms with Gasteiger partial charge < -0.3 is 14.4 Å². The molecule has 1 aliphatic heterocycles. The number of nitrogens with zero attached hydrogens (tertiary/aromatic N) is 1. The number of methoxy groups -OCH3 is 1. The Morgan fingerprint density at radius 1 is 0.870 bits per heavy atom. The number of benzene rings is 2. The molecule has 0 amide bonds. The molecule has 0 radical (unpaired) electrons. The van der Waals surface area contributed by atoms with Crippen molar-refractivity contribution in [3.05, 3.63) is 48.5 Å². The van der Waals surface area contributed by atoms with Crippen molar-refractivity contribution in [1.29, 1.82) is 0 Å². The van der Waals surface area contributed by atoms with Crippen LogP contribution in [-0.2, 0) is 19.3 Å². The molecule has 0 bridgehead atoms. The van der Waals surface area contributed by atoms with Crippen molar-refractivity contribution in [2.75, 3.05) is 38.4 Å². The van der Waals surface area contributed by atoms with E-state index in [1.807, 2.05) is 29.2 Å². The summed E-state index contributed by atoms with van der Waals surface area (Å²) in [6.07, 6.45) is 0. The molecule has 0 fully saturated rings. The number of sulfone groups is 1.